The van der Waals surface area contributed by atoms with Crippen molar-refractivity contribution in [1.29, 1.82) is 0 Å². The number of nitrogens with zero attached hydrogens (tertiary/aromatic N) is 1. The number of benzene rings is 1. The molecule has 0 atom stereocenters. The fraction of sp³-hybridized carbons (Fsp3) is 0.381. The Morgan fingerprint density at radius 1 is 1.23 bits per heavy atom. The van der Waals surface area contributed by atoms with E-state index in [1.165, 1.54) is 18.2 Å². The summed E-state index contributed by atoms with van der Waals surface area (Å²) in [5.41, 5.74) is -0.947. The van der Waals surface area contributed by atoms with Crippen molar-refractivity contribution >= 4 is 35.4 Å². The van der Waals surface area contributed by atoms with Gasteiger partial charge in [-0.25, -0.2) is 4.79 Å². The first-order valence-electron chi connectivity index (χ1n) is 9.55. The van der Waals surface area contributed by atoms with E-state index in [9.17, 15) is 27.6 Å². The van der Waals surface area contributed by atoms with Crippen LogP contribution in [0.15, 0.2) is 29.1 Å². The zero-order valence-corrected chi connectivity index (χ0v) is 18.1. The molecule has 0 bridgehead atoms. The van der Waals surface area contributed by atoms with E-state index in [4.69, 9.17) is 4.74 Å². The standard InChI is InChI=1S/C21H23F3N2O4S/c1-4-30-19(28)10-18-26(12-17(27)25-11-13(2)3)20(29)16(31-18)9-14-5-7-15(8-6-14)21(22,23)24/h5-10,13H,4,11-12H2,1-3H3,(H,25,27)/b16-9+,18-10-. The number of carbonyl (C=O) groups is 2. The maximum absolute atomic E-state index is 12.8. The fourth-order valence-electron chi connectivity index (χ4n) is 2.51. The van der Waals surface area contributed by atoms with E-state index in [1.807, 2.05) is 13.8 Å². The highest BCUT2D eigenvalue weighted by atomic mass is 32.1. The van der Waals surface area contributed by atoms with Gasteiger partial charge in [-0.15, -0.1) is 11.3 Å². The summed E-state index contributed by atoms with van der Waals surface area (Å²) in [5.74, 6) is -0.841. The van der Waals surface area contributed by atoms with Crippen LogP contribution in [0.5, 0.6) is 0 Å². The largest absolute Gasteiger partial charge is 0.463 e. The number of thiazole rings is 1. The van der Waals surface area contributed by atoms with Crippen LogP contribution in [0.2, 0.25) is 0 Å². The summed E-state index contributed by atoms with van der Waals surface area (Å²) in [6, 6.07) is 4.33. The van der Waals surface area contributed by atoms with Crippen molar-refractivity contribution in [1.82, 2.24) is 9.88 Å². The first-order chi connectivity index (χ1) is 14.5. The molecule has 0 spiro atoms. The van der Waals surface area contributed by atoms with Gasteiger partial charge in [0.25, 0.3) is 5.56 Å². The van der Waals surface area contributed by atoms with Crippen LogP contribution in [0, 0.1) is 5.92 Å². The summed E-state index contributed by atoms with van der Waals surface area (Å²) in [6.07, 6.45) is -1.92. The minimum Gasteiger partial charge on any atom is -0.463 e. The second kappa shape index (κ2) is 10.4. The zero-order chi connectivity index (χ0) is 23.2. The van der Waals surface area contributed by atoms with Crippen molar-refractivity contribution in [3.63, 3.8) is 0 Å². The van der Waals surface area contributed by atoms with Crippen molar-refractivity contribution in [2.75, 3.05) is 13.2 Å². The van der Waals surface area contributed by atoms with Crippen molar-refractivity contribution in [3.8, 4) is 0 Å². The van der Waals surface area contributed by atoms with Crippen LogP contribution < -0.4 is 20.1 Å². The van der Waals surface area contributed by atoms with Gasteiger partial charge in [-0.05, 0) is 36.6 Å². The Hall–Kier alpha value is -2.88. The Balaban J connectivity index is 2.48. The van der Waals surface area contributed by atoms with Crippen LogP contribution in [0.1, 0.15) is 31.9 Å². The number of nitrogens with one attached hydrogen (secondary N) is 1. The first-order valence-corrected chi connectivity index (χ1v) is 10.4. The summed E-state index contributed by atoms with van der Waals surface area (Å²) < 4.78 is 44.6. The van der Waals surface area contributed by atoms with Gasteiger partial charge in [0.2, 0.25) is 5.91 Å². The molecule has 0 saturated heterocycles. The van der Waals surface area contributed by atoms with E-state index in [-0.39, 0.29) is 28.3 Å². The topological polar surface area (TPSA) is 77.4 Å². The molecule has 1 heterocycles. The summed E-state index contributed by atoms with van der Waals surface area (Å²) in [7, 11) is 0. The molecule has 0 fully saturated rings. The summed E-state index contributed by atoms with van der Waals surface area (Å²) in [6.45, 7) is 5.76. The van der Waals surface area contributed by atoms with Gasteiger partial charge >= 0.3 is 12.1 Å². The smallest absolute Gasteiger partial charge is 0.416 e. The minimum atomic E-state index is -4.46. The van der Waals surface area contributed by atoms with E-state index in [1.54, 1.807) is 6.92 Å². The molecule has 0 aliphatic heterocycles. The zero-order valence-electron chi connectivity index (χ0n) is 17.3. The average molecular weight is 456 g/mol. The molecule has 0 saturated carbocycles. The summed E-state index contributed by atoms with van der Waals surface area (Å²) >= 11 is 0.948. The Morgan fingerprint density at radius 3 is 2.42 bits per heavy atom. The van der Waals surface area contributed by atoms with Crippen LogP contribution in [0.3, 0.4) is 0 Å². The molecule has 0 aliphatic carbocycles. The highest BCUT2D eigenvalue weighted by molar-refractivity contribution is 7.07. The SMILES string of the molecule is CCOC(=O)/C=c1\s/c(=C/c2ccc(C(F)(F)F)cc2)c(=O)n1CC(=O)NCC(C)C. The molecule has 1 N–H and O–H groups in total. The number of esters is 1. The van der Waals surface area contributed by atoms with E-state index in [0.717, 1.165) is 34.1 Å². The van der Waals surface area contributed by atoms with Crippen LogP contribution in [0.25, 0.3) is 12.2 Å². The van der Waals surface area contributed by atoms with Gasteiger partial charge in [0, 0.05) is 6.54 Å². The Morgan fingerprint density at radius 2 is 1.87 bits per heavy atom. The molecule has 1 aromatic carbocycles. The van der Waals surface area contributed by atoms with Gasteiger partial charge in [-0.2, -0.15) is 13.2 Å². The minimum absolute atomic E-state index is 0.143. The molecule has 6 nitrogen and oxygen atoms in total. The van der Waals surface area contributed by atoms with Gasteiger partial charge in [-0.1, -0.05) is 26.0 Å². The average Bonchev–Trinajstić information content (AvgIpc) is 2.95. The van der Waals surface area contributed by atoms with Crippen molar-refractivity contribution in [2.45, 2.75) is 33.5 Å². The molecule has 0 radical (unpaired) electrons. The number of carbonyl (C=O) groups excluding carboxylic acids is 2. The maximum atomic E-state index is 12.8. The number of amides is 1. The quantitative estimate of drug-likeness (QED) is 0.646. The van der Waals surface area contributed by atoms with Crippen LogP contribution in [-0.2, 0) is 27.0 Å². The lowest BCUT2D eigenvalue weighted by Crippen LogP contribution is -2.39. The summed E-state index contributed by atoms with van der Waals surface area (Å²) in [5, 5.41) is 2.70. The highest BCUT2D eigenvalue weighted by Crippen LogP contribution is 2.29. The molecule has 2 aromatic rings. The predicted octanol–water partition coefficient (Wildman–Crippen LogP) is 1.87. The third kappa shape index (κ3) is 7.09. The van der Waals surface area contributed by atoms with Gasteiger partial charge in [0.1, 0.15) is 11.2 Å². The first kappa shape index (κ1) is 24.4. The molecule has 2 rings (SSSR count). The lowest BCUT2D eigenvalue weighted by molar-refractivity contribution is -0.137. The molecule has 168 valence electrons. The number of aromatic nitrogens is 1. The van der Waals surface area contributed by atoms with E-state index < -0.39 is 29.2 Å². The van der Waals surface area contributed by atoms with Gasteiger partial charge < -0.3 is 10.1 Å². The molecule has 31 heavy (non-hydrogen) atoms. The number of halogens is 3. The molecule has 1 amide bonds. The highest BCUT2D eigenvalue weighted by Gasteiger charge is 2.29. The second-order valence-corrected chi connectivity index (χ2v) is 8.12. The van der Waals surface area contributed by atoms with Crippen LogP contribution >= 0.6 is 11.3 Å². The Kier molecular flexibility index (Phi) is 8.21. The van der Waals surface area contributed by atoms with Crippen LogP contribution in [-0.4, -0.2) is 29.6 Å². The molecular formula is C21H23F3N2O4S. The van der Waals surface area contributed by atoms with Gasteiger partial charge in [0.05, 0.1) is 22.8 Å². The monoisotopic (exact) mass is 456 g/mol. The summed E-state index contributed by atoms with van der Waals surface area (Å²) in [4.78, 5) is 36.9. The van der Waals surface area contributed by atoms with Crippen molar-refractivity contribution in [2.24, 2.45) is 5.92 Å². The number of alkyl halides is 3. The number of hydrogen-bond donors (Lipinski definition) is 1. The Bertz CT molecular complexity index is 1100. The number of hydrogen-bond acceptors (Lipinski definition) is 5. The van der Waals surface area contributed by atoms with Crippen LogP contribution in [0.4, 0.5) is 13.2 Å². The van der Waals surface area contributed by atoms with Crippen molar-refractivity contribution in [3.05, 3.63) is 54.9 Å². The lowest BCUT2D eigenvalue weighted by atomic mass is 10.1. The maximum Gasteiger partial charge on any atom is 0.416 e. The molecule has 1 aromatic heterocycles. The molecule has 10 heteroatoms. The number of ether oxygens (including phenoxy) is 1. The third-order valence-corrected chi connectivity index (χ3v) is 5.07. The van der Waals surface area contributed by atoms with E-state index >= 15 is 0 Å². The van der Waals surface area contributed by atoms with Crippen molar-refractivity contribution < 1.29 is 27.5 Å². The number of rotatable bonds is 7. The molecule has 0 aliphatic rings. The molecule has 0 unspecified atom stereocenters. The van der Waals surface area contributed by atoms with E-state index in [0.29, 0.717) is 12.1 Å². The lowest BCUT2D eigenvalue weighted by Gasteiger charge is -2.07. The molecular weight excluding hydrogens is 433 g/mol. The normalized spacial score (nSPS) is 13.0. The Labute approximate surface area is 180 Å². The second-order valence-electron chi connectivity index (χ2n) is 7.05. The van der Waals surface area contributed by atoms with E-state index in [2.05, 4.69) is 5.32 Å². The fourth-order valence-corrected chi connectivity index (χ4v) is 3.55. The predicted molar refractivity (Wildman–Crippen MR) is 112 cm³/mol. The van der Waals surface area contributed by atoms with Gasteiger partial charge in [0.15, 0.2) is 0 Å². The third-order valence-electron chi connectivity index (χ3n) is 4.01. The van der Waals surface area contributed by atoms with Gasteiger partial charge in [-0.3, -0.25) is 14.2 Å².